The van der Waals surface area contributed by atoms with Crippen LogP contribution in [0.1, 0.15) is 58.8 Å². The van der Waals surface area contributed by atoms with Crippen LogP contribution in [0, 0.1) is 11.8 Å². The molecule has 0 aromatic rings. The molecule has 5 heteroatoms. The van der Waals surface area contributed by atoms with Crippen molar-refractivity contribution in [2.45, 2.75) is 77.1 Å². The Morgan fingerprint density at radius 2 is 2.00 bits per heavy atom. The summed E-state index contributed by atoms with van der Waals surface area (Å²) in [5.41, 5.74) is 0. The van der Waals surface area contributed by atoms with Crippen LogP contribution in [-0.4, -0.2) is 46.1 Å². The van der Waals surface area contributed by atoms with Crippen LogP contribution in [0.5, 0.6) is 0 Å². The number of hydrogen-bond acceptors (Lipinski definition) is 4. The molecule has 0 heterocycles. The van der Waals surface area contributed by atoms with Gasteiger partial charge in [-0.2, -0.15) is 0 Å². The molecule has 0 aromatic carbocycles. The van der Waals surface area contributed by atoms with Crippen LogP contribution in [0.15, 0.2) is 24.3 Å². The van der Waals surface area contributed by atoms with Gasteiger partial charge in [-0.05, 0) is 38.5 Å². The molecule has 0 spiro atoms. The maximum Gasteiger partial charge on any atom is 0.219 e. The van der Waals surface area contributed by atoms with E-state index >= 15 is 0 Å². The Morgan fingerprint density at radius 3 is 2.68 bits per heavy atom. The van der Waals surface area contributed by atoms with Gasteiger partial charge in [-0.25, -0.2) is 0 Å². The second-order valence-electron chi connectivity index (χ2n) is 6.91. The van der Waals surface area contributed by atoms with Crippen LogP contribution in [0.25, 0.3) is 0 Å². The number of unbranched alkanes of at least 4 members (excludes halogenated alkanes) is 1. The van der Waals surface area contributed by atoms with Gasteiger partial charge in [0.1, 0.15) is 0 Å². The maximum absolute atomic E-state index is 11.4. The minimum absolute atomic E-state index is 0.0280. The van der Waals surface area contributed by atoms with Crippen LogP contribution in [0.2, 0.25) is 0 Å². The molecular weight excluding hydrogens is 318 g/mol. The molecule has 1 amide bonds. The molecule has 0 aromatic heterocycles. The summed E-state index contributed by atoms with van der Waals surface area (Å²) in [7, 11) is 0. The Hall–Kier alpha value is -1.17. The third-order valence-corrected chi connectivity index (χ3v) is 4.78. The summed E-state index contributed by atoms with van der Waals surface area (Å²) in [5.74, 6) is -0.0673. The summed E-state index contributed by atoms with van der Waals surface area (Å²) in [6.07, 6.45) is 11.0. The molecule has 5 atom stereocenters. The molecule has 0 radical (unpaired) electrons. The lowest BCUT2D eigenvalue weighted by Crippen LogP contribution is -2.21. The second kappa shape index (κ2) is 12.2. The first kappa shape index (κ1) is 21.9. The minimum atomic E-state index is -0.559. The van der Waals surface area contributed by atoms with Crippen molar-refractivity contribution in [1.29, 1.82) is 0 Å². The maximum atomic E-state index is 11.4. The van der Waals surface area contributed by atoms with E-state index in [-0.39, 0.29) is 17.7 Å². The Balaban J connectivity index is 2.42. The number of rotatable bonds is 11. The van der Waals surface area contributed by atoms with Crippen molar-refractivity contribution in [3.05, 3.63) is 24.3 Å². The average Bonchev–Trinajstić information content (AvgIpc) is 2.82. The zero-order valence-electron chi connectivity index (χ0n) is 15.6. The number of allylic oxidation sites excluding steroid dienone is 2. The fourth-order valence-corrected chi connectivity index (χ4v) is 3.39. The standard InChI is InChI=1S/C20H35NO4/c1-3-9-15(22)12-13-17-16(18(23)14-19(17)24)10-7-5-6-8-11-20(25)21-4-2/h5,7,12-13,15-19,22-24H,3-4,6,8-11,14H2,1-2H3,(H,21,25)/b7-5-,13-12+/t15-,16+,17+,18-,19+/m0/s1. The van der Waals surface area contributed by atoms with Crippen LogP contribution < -0.4 is 5.32 Å². The van der Waals surface area contributed by atoms with Crippen LogP contribution in [-0.2, 0) is 4.79 Å². The van der Waals surface area contributed by atoms with Crippen molar-refractivity contribution in [2.75, 3.05) is 6.54 Å². The minimum Gasteiger partial charge on any atom is -0.393 e. The van der Waals surface area contributed by atoms with Crippen molar-refractivity contribution in [3.63, 3.8) is 0 Å². The molecule has 25 heavy (non-hydrogen) atoms. The lowest BCUT2D eigenvalue weighted by atomic mass is 9.89. The van der Waals surface area contributed by atoms with Crippen molar-refractivity contribution >= 4 is 5.91 Å². The van der Waals surface area contributed by atoms with Gasteiger partial charge in [0.05, 0.1) is 18.3 Å². The van der Waals surface area contributed by atoms with E-state index < -0.39 is 18.3 Å². The van der Waals surface area contributed by atoms with Crippen molar-refractivity contribution in [2.24, 2.45) is 11.8 Å². The van der Waals surface area contributed by atoms with E-state index in [1.54, 1.807) is 6.08 Å². The molecule has 1 rings (SSSR count). The largest absolute Gasteiger partial charge is 0.393 e. The second-order valence-corrected chi connectivity index (χ2v) is 6.91. The van der Waals surface area contributed by atoms with Gasteiger partial charge in [0, 0.05) is 25.3 Å². The van der Waals surface area contributed by atoms with Crippen molar-refractivity contribution < 1.29 is 20.1 Å². The fourth-order valence-electron chi connectivity index (χ4n) is 3.39. The molecule has 4 N–H and O–H groups in total. The van der Waals surface area contributed by atoms with E-state index in [1.807, 2.05) is 32.1 Å². The van der Waals surface area contributed by atoms with Crippen molar-refractivity contribution in [3.8, 4) is 0 Å². The topological polar surface area (TPSA) is 89.8 Å². The Labute approximate surface area is 151 Å². The van der Waals surface area contributed by atoms with Crippen LogP contribution in [0.3, 0.4) is 0 Å². The Kier molecular flexibility index (Phi) is 10.7. The van der Waals surface area contributed by atoms with Gasteiger partial charge in [0.15, 0.2) is 0 Å². The van der Waals surface area contributed by atoms with Crippen LogP contribution >= 0.6 is 0 Å². The highest BCUT2D eigenvalue weighted by atomic mass is 16.3. The smallest absolute Gasteiger partial charge is 0.219 e. The summed E-state index contributed by atoms with van der Waals surface area (Å²) in [6.45, 7) is 4.59. The highest BCUT2D eigenvalue weighted by Gasteiger charge is 2.39. The predicted octanol–water partition coefficient (Wildman–Crippen LogP) is 2.31. The lowest BCUT2D eigenvalue weighted by Gasteiger charge is -2.19. The molecule has 5 nitrogen and oxygen atoms in total. The van der Waals surface area contributed by atoms with E-state index in [0.29, 0.717) is 32.2 Å². The molecule has 0 saturated heterocycles. The predicted molar refractivity (Wildman–Crippen MR) is 100.0 cm³/mol. The molecule has 144 valence electrons. The SMILES string of the molecule is CCC[C@H](O)/C=C/[C@@H]1[C@@H](C/C=C\CCCC(=O)NCC)[C@@H](O)C[C@H]1O. The third-order valence-electron chi connectivity index (χ3n) is 4.78. The first-order chi connectivity index (χ1) is 12.0. The number of carbonyl (C=O) groups excluding carboxylic acids is 1. The van der Waals surface area contributed by atoms with Crippen LogP contribution in [0.4, 0.5) is 0 Å². The number of carbonyl (C=O) groups is 1. The molecule has 1 aliphatic rings. The average molecular weight is 354 g/mol. The summed E-state index contributed by atoms with van der Waals surface area (Å²) in [6, 6.07) is 0. The quantitative estimate of drug-likeness (QED) is 0.339. The van der Waals surface area contributed by atoms with Gasteiger partial charge in [0.2, 0.25) is 5.91 Å². The molecule has 1 fully saturated rings. The number of hydrogen-bond donors (Lipinski definition) is 4. The van der Waals surface area contributed by atoms with Gasteiger partial charge in [-0.3, -0.25) is 4.79 Å². The van der Waals surface area contributed by atoms with E-state index in [2.05, 4.69) is 5.32 Å². The van der Waals surface area contributed by atoms with Crippen molar-refractivity contribution in [1.82, 2.24) is 5.32 Å². The highest BCUT2D eigenvalue weighted by molar-refractivity contribution is 5.75. The van der Waals surface area contributed by atoms with Gasteiger partial charge in [0.25, 0.3) is 0 Å². The van der Waals surface area contributed by atoms with E-state index in [1.165, 1.54) is 0 Å². The van der Waals surface area contributed by atoms with E-state index in [0.717, 1.165) is 19.3 Å². The van der Waals surface area contributed by atoms with Gasteiger partial charge < -0.3 is 20.6 Å². The number of nitrogens with one attached hydrogen (secondary N) is 1. The molecule has 0 bridgehead atoms. The summed E-state index contributed by atoms with van der Waals surface area (Å²) < 4.78 is 0. The van der Waals surface area contributed by atoms with E-state index in [4.69, 9.17) is 0 Å². The highest BCUT2D eigenvalue weighted by Crippen LogP contribution is 2.36. The fraction of sp³-hybridized carbons (Fsp3) is 0.750. The zero-order chi connectivity index (χ0) is 18.7. The van der Waals surface area contributed by atoms with Gasteiger partial charge >= 0.3 is 0 Å². The number of aliphatic hydroxyl groups is 3. The molecule has 0 aliphatic heterocycles. The first-order valence-electron chi connectivity index (χ1n) is 9.63. The first-order valence-corrected chi connectivity index (χ1v) is 9.63. The lowest BCUT2D eigenvalue weighted by molar-refractivity contribution is -0.121. The number of amides is 1. The summed E-state index contributed by atoms with van der Waals surface area (Å²) in [4.78, 5) is 11.4. The molecular formula is C20H35NO4. The third kappa shape index (κ3) is 8.17. The van der Waals surface area contributed by atoms with Gasteiger partial charge in [-0.1, -0.05) is 37.6 Å². The summed E-state index contributed by atoms with van der Waals surface area (Å²) in [5, 5.41) is 33.0. The van der Waals surface area contributed by atoms with Gasteiger partial charge in [-0.15, -0.1) is 0 Å². The molecule has 1 saturated carbocycles. The number of aliphatic hydroxyl groups excluding tert-OH is 3. The molecule has 0 unspecified atom stereocenters. The summed E-state index contributed by atoms with van der Waals surface area (Å²) >= 11 is 0. The normalized spacial score (nSPS) is 28.0. The zero-order valence-corrected chi connectivity index (χ0v) is 15.6. The Morgan fingerprint density at radius 1 is 1.24 bits per heavy atom. The Bertz CT molecular complexity index is 435. The monoisotopic (exact) mass is 353 g/mol. The van der Waals surface area contributed by atoms with E-state index in [9.17, 15) is 20.1 Å². The molecule has 1 aliphatic carbocycles.